The van der Waals surface area contributed by atoms with Crippen molar-refractivity contribution in [3.8, 4) is 21.1 Å². The monoisotopic (exact) mass is 436 g/mol. The van der Waals surface area contributed by atoms with Gasteiger partial charge in [-0.15, -0.1) is 22.7 Å². The Bertz CT molecular complexity index is 1180. The minimum absolute atomic E-state index is 0.244. The Kier molecular flexibility index (Phi) is 6.15. The van der Waals surface area contributed by atoms with E-state index in [0.29, 0.717) is 18.7 Å². The van der Waals surface area contributed by atoms with Crippen molar-refractivity contribution in [3.05, 3.63) is 81.4 Å². The molecular formula is C22H20N4O2S2. The van der Waals surface area contributed by atoms with Crippen molar-refractivity contribution in [2.24, 2.45) is 0 Å². The van der Waals surface area contributed by atoms with Crippen LogP contribution in [0.5, 0.6) is 0 Å². The average molecular weight is 437 g/mol. The minimum Gasteiger partial charge on any atom is -0.354 e. The molecule has 0 aliphatic rings. The average Bonchev–Trinajstić information content (AvgIpc) is 3.47. The van der Waals surface area contributed by atoms with E-state index in [2.05, 4.69) is 15.4 Å². The molecule has 1 unspecified atom stereocenters. The first-order valence-electron chi connectivity index (χ1n) is 9.53. The number of benzene rings is 1. The summed E-state index contributed by atoms with van der Waals surface area (Å²) in [5, 5.41) is 12.2. The molecule has 3 heterocycles. The summed E-state index contributed by atoms with van der Waals surface area (Å²) in [6, 6.07) is 16.3. The van der Waals surface area contributed by atoms with Gasteiger partial charge in [0.05, 0.1) is 10.6 Å². The fraction of sp³-hybridized carbons (Fsp3) is 0.182. The Morgan fingerprint density at radius 3 is 2.70 bits per heavy atom. The predicted molar refractivity (Wildman–Crippen MR) is 121 cm³/mol. The molecule has 8 heteroatoms. The number of nitrogens with one attached hydrogen (secondary N) is 1. The van der Waals surface area contributed by atoms with E-state index >= 15 is 0 Å². The molecule has 0 bridgehead atoms. The van der Waals surface area contributed by atoms with Crippen molar-refractivity contribution in [2.75, 3.05) is 6.54 Å². The van der Waals surface area contributed by atoms with E-state index in [-0.39, 0.29) is 11.5 Å². The lowest BCUT2D eigenvalue weighted by atomic mass is 10.2. The molecule has 6 nitrogen and oxygen atoms in total. The molecule has 0 radical (unpaired) electrons. The molecule has 1 atom stereocenters. The van der Waals surface area contributed by atoms with Gasteiger partial charge < -0.3 is 5.32 Å². The standard InChI is InChI=1S/C22H20N4O2S2/c1-15(26-20(27)10-9-18(25-26)19-8-5-13-29-19)21(28)23-12-11-17-14-30-22(24-17)16-6-3-2-4-7-16/h2-10,13-15H,11-12H2,1H3,(H,23,28). The summed E-state index contributed by atoms with van der Waals surface area (Å²) in [5.74, 6) is -0.244. The lowest BCUT2D eigenvalue weighted by molar-refractivity contribution is -0.124. The molecule has 3 aromatic heterocycles. The second kappa shape index (κ2) is 9.15. The van der Waals surface area contributed by atoms with Gasteiger partial charge in [0.15, 0.2) is 0 Å². The van der Waals surface area contributed by atoms with Gasteiger partial charge in [-0.25, -0.2) is 9.67 Å². The molecule has 1 amide bonds. The molecule has 1 N–H and O–H groups in total. The quantitative estimate of drug-likeness (QED) is 0.475. The lowest BCUT2D eigenvalue weighted by Crippen LogP contribution is -2.37. The first kappa shape index (κ1) is 20.2. The van der Waals surface area contributed by atoms with Crippen LogP contribution in [-0.4, -0.2) is 27.2 Å². The third-order valence-corrected chi connectivity index (χ3v) is 6.43. The van der Waals surface area contributed by atoms with Crippen LogP contribution in [0, 0.1) is 0 Å². The maximum atomic E-state index is 12.6. The van der Waals surface area contributed by atoms with E-state index < -0.39 is 6.04 Å². The third-order valence-electron chi connectivity index (χ3n) is 4.60. The van der Waals surface area contributed by atoms with Crippen LogP contribution in [0.3, 0.4) is 0 Å². The van der Waals surface area contributed by atoms with Crippen LogP contribution in [-0.2, 0) is 11.2 Å². The second-order valence-corrected chi connectivity index (χ2v) is 8.51. The van der Waals surface area contributed by atoms with Gasteiger partial charge in [0.25, 0.3) is 5.56 Å². The van der Waals surface area contributed by atoms with Crippen molar-refractivity contribution in [1.29, 1.82) is 0 Å². The first-order chi connectivity index (χ1) is 14.6. The normalized spacial score (nSPS) is 11.9. The van der Waals surface area contributed by atoms with Gasteiger partial charge in [-0.2, -0.15) is 5.10 Å². The molecule has 0 saturated heterocycles. The summed E-state index contributed by atoms with van der Waals surface area (Å²) in [7, 11) is 0. The number of carbonyl (C=O) groups is 1. The highest BCUT2D eigenvalue weighted by molar-refractivity contribution is 7.13. The number of thiophene rings is 1. The molecule has 4 aromatic rings. The topological polar surface area (TPSA) is 76.9 Å². The summed E-state index contributed by atoms with van der Waals surface area (Å²) in [4.78, 5) is 30.4. The highest BCUT2D eigenvalue weighted by Crippen LogP contribution is 2.23. The van der Waals surface area contributed by atoms with Crippen LogP contribution in [0.1, 0.15) is 18.7 Å². The molecule has 0 aliphatic heterocycles. The van der Waals surface area contributed by atoms with Crippen molar-refractivity contribution < 1.29 is 4.79 Å². The smallest absolute Gasteiger partial charge is 0.267 e. The van der Waals surface area contributed by atoms with Gasteiger partial charge in [-0.05, 0) is 24.4 Å². The van der Waals surface area contributed by atoms with Gasteiger partial charge in [0, 0.05) is 30.0 Å². The van der Waals surface area contributed by atoms with Crippen molar-refractivity contribution in [2.45, 2.75) is 19.4 Å². The zero-order valence-electron chi connectivity index (χ0n) is 16.3. The third kappa shape index (κ3) is 4.55. The van der Waals surface area contributed by atoms with Crippen LogP contribution in [0.4, 0.5) is 0 Å². The molecule has 152 valence electrons. The van der Waals surface area contributed by atoms with Crippen molar-refractivity contribution in [1.82, 2.24) is 20.1 Å². The Labute approximate surface area is 181 Å². The number of aromatic nitrogens is 3. The number of hydrogen-bond donors (Lipinski definition) is 1. The Morgan fingerprint density at radius 2 is 1.93 bits per heavy atom. The van der Waals surface area contributed by atoms with E-state index in [0.717, 1.165) is 21.1 Å². The van der Waals surface area contributed by atoms with Gasteiger partial charge in [0.1, 0.15) is 16.7 Å². The lowest BCUT2D eigenvalue weighted by Gasteiger charge is -2.14. The Morgan fingerprint density at radius 1 is 1.10 bits per heavy atom. The van der Waals surface area contributed by atoms with Crippen LogP contribution in [0.2, 0.25) is 0 Å². The molecule has 0 aliphatic carbocycles. The molecular weight excluding hydrogens is 416 g/mol. The maximum Gasteiger partial charge on any atom is 0.267 e. The van der Waals surface area contributed by atoms with Crippen molar-refractivity contribution >= 4 is 28.6 Å². The zero-order chi connectivity index (χ0) is 20.9. The summed E-state index contributed by atoms with van der Waals surface area (Å²) < 4.78 is 1.24. The van der Waals surface area contributed by atoms with Crippen LogP contribution in [0.15, 0.2) is 70.2 Å². The fourth-order valence-corrected chi connectivity index (χ4v) is 4.52. The summed E-state index contributed by atoms with van der Waals surface area (Å²) in [5.41, 5.74) is 2.40. The van der Waals surface area contributed by atoms with E-state index in [1.54, 1.807) is 24.3 Å². The number of hydrogen-bond acceptors (Lipinski definition) is 6. The predicted octanol–water partition coefficient (Wildman–Crippen LogP) is 4.02. The molecule has 0 saturated carbocycles. The Hall–Kier alpha value is -3.10. The van der Waals surface area contributed by atoms with Crippen molar-refractivity contribution in [3.63, 3.8) is 0 Å². The Balaban J connectivity index is 1.37. The van der Waals surface area contributed by atoms with E-state index in [4.69, 9.17) is 0 Å². The van der Waals surface area contributed by atoms with Crippen LogP contribution in [0.25, 0.3) is 21.1 Å². The second-order valence-electron chi connectivity index (χ2n) is 6.71. The molecule has 4 rings (SSSR count). The SMILES string of the molecule is CC(C(=O)NCCc1csc(-c2ccccc2)n1)n1nc(-c2cccs2)ccc1=O. The highest BCUT2D eigenvalue weighted by atomic mass is 32.1. The van der Waals surface area contributed by atoms with Gasteiger partial charge in [-0.3, -0.25) is 9.59 Å². The van der Waals surface area contributed by atoms with Crippen LogP contribution >= 0.6 is 22.7 Å². The summed E-state index contributed by atoms with van der Waals surface area (Å²) in [6.45, 7) is 2.12. The summed E-state index contributed by atoms with van der Waals surface area (Å²) in [6.07, 6.45) is 0.624. The minimum atomic E-state index is -0.701. The maximum absolute atomic E-state index is 12.6. The molecule has 0 fully saturated rings. The summed E-state index contributed by atoms with van der Waals surface area (Å²) >= 11 is 3.13. The fourth-order valence-electron chi connectivity index (χ4n) is 2.97. The number of nitrogens with zero attached hydrogens (tertiary/aromatic N) is 3. The van der Waals surface area contributed by atoms with E-state index in [1.807, 2.05) is 53.2 Å². The first-order valence-corrected chi connectivity index (χ1v) is 11.3. The number of amides is 1. The number of rotatable bonds is 7. The van der Waals surface area contributed by atoms with E-state index in [1.165, 1.54) is 22.1 Å². The van der Waals surface area contributed by atoms with Gasteiger partial charge >= 0.3 is 0 Å². The number of carbonyl (C=O) groups excluding carboxylic acids is 1. The van der Waals surface area contributed by atoms with Gasteiger partial charge in [0.2, 0.25) is 5.91 Å². The molecule has 1 aromatic carbocycles. The zero-order valence-corrected chi connectivity index (χ0v) is 18.0. The number of thiazole rings is 1. The van der Waals surface area contributed by atoms with E-state index in [9.17, 15) is 9.59 Å². The molecule has 0 spiro atoms. The molecule has 30 heavy (non-hydrogen) atoms. The van der Waals surface area contributed by atoms with Crippen LogP contribution < -0.4 is 10.9 Å². The van der Waals surface area contributed by atoms with Gasteiger partial charge in [-0.1, -0.05) is 36.4 Å². The highest BCUT2D eigenvalue weighted by Gasteiger charge is 2.18. The largest absolute Gasteiger partial charge is 0.354 e.